The minimum atomic E-state index is -0.350. The summed E-state index contributed by atoms with van der Waals surface area (Å²) in [5.74, 6) is -0.350. The van der Waals surface area contributed by atoms with Crippen molar-refractivity contribution in [3.63, 3.8) is 0 Å². The number of nitrogens with zero attached hydrogens (tertiary/aromatic N) is 1. The number of hydrogen-bond donors (Lipinski definition) is 1. The second-order valence-electron chi connectivity index (χ2n) is 2.06. The van der Waals surface area contributed by atoms with Crippen LogP contribution in [0, 0.1) is 11.3 Å². The van der Waals surface area contributed by atoms with Crippen LogP contribution in [-0.2, 0) is 9.53 Å². The fraction of sp³-hybridized carbons (Fsp3) is 0.500. The number of ether oxygens (including phenoxy) is 1. The van der Waals surface area contributed by atoms with Crippen molar-refractivity contribution >= 4 is 5.91 Å². The summed E-state index contributed by atoms with van der Waals surface area (Å²) in [6.45, 7) is 2.52. The Morgan fingerprint density at radius 1 is 1.75 bits per heavy atom. The molecule has 0 radical (unpaired) electrons. The van der Waals surface area contributed by atoms with Crippen LogP contribution in [0.2, 0.25) is 0 Å². The predicted molar refractivity (Wildman–Crippen MR) is 44.3 cm³/mol. The molecule has 1 amide bonds. The summed E-state index contributed by atoms with van der Waals surface area (Å²) in [5, 5.41) is 11.0. The summed E-state index contributed by atoms with van der Waals surface area (Å²) in [4.78, 5) is 11.0. The number of nitriles is 1. The quantitative estimate of drug-likeness (QED) is 0.371. The van der Waals surface area contributed by atoms with Gasteiger partial charge in [0.1, 0.15) is 11.6 Å². The van der Waals surface area contributed by atoms with Crippen LogP contribution in [0.5, 0.6) is 0 Å². The van der Waals surface area contributed by atoms with E-state index in [4.69, 9.17) is 10.00 Å². The molecule has 4 heteroatoms. The first kappa shape index (κ1) is 10.7. The van der Waals surface area contributed by atoms with Gasteiger partial charge in [0, 0.05) is 13.7 Å². The molecule has 0 saturated carbocycles. The van der Waals surface area contributed by atoms with Crippen LogP contribution in [-0.4, -0.2) is 26.2 Å². The molecule has 0 aliphatic heterocycles. The van der Waals surface area contributed by atoms with Crippen molar-refractivity contribution in [1.29, 1.82) is 5.26 Å². The van der Waals surface area contributed by atoms with E-state index < -0.39 is 0 Å². The molecule has 1 N–H and O–H groups in total. The highest BCUT2D eigenvalue weighted by atomic mass is 16.5. The lowest BCUT2D eigenvalue weighted by molar-refractivity contribution is -0.117. The summed E-state index contributed by atoms with van der Waals surface area (Å²) in [6.07, 6.45) is 1.47. The van der Waals surface area contributed by atoms with Gasteiger partial charge >= 0.3 is 0 Å². The number of allylic oxidation sites excluding steroid dienone is 1. The normalized spacial score (nSPS) is 10.6. The number of carbonyl (C=O) groups is 1. The van der Waals surface area contributed by atoms with Gasteiger partial charge < -0.3 is 10.1 Å². The molecule has 0 spiro atoms. The van der Waals surface area contributed by atoms with Gasteiger partial charge in [0.05, 0.1) is 6.61 Å². The highest BCUT2D eigenvalue weighted by Crippen LogP contribution is 1.89. The first-order valence-corrected chi connectivity index (χ1v) is 3.59. The maximum atomic E-state index is 11.0. The molecule has 0 rings (SSSR count). The lowest BCUT2D eigenvalue weighted by atomic mass is 10.2. The molecule has 0 heterocycles. The summed E-state index contributed by atoms with van der Waals surface area (Å²) in [7, 11) is 1.55. The maximum absolute atomic E-state index is 11.0. The number of rotatable bonds is 4. The van der Waals surface area contributed by atoms with Crippen LogP contribution >= 0.6 is 0 Å². The van der Waals surface area contributed by atoms with E-state index >= 15 is 0 Å². The minimum absolute atomic E-state index is 0.131. The van der Waals surface area contributed by atoms with E-state index in [-0.39, 0.29) is 11.5 Å². The molecule has 12 heavy (non-hydrogen) atoms. The fourth-order valence-electron chi connectivity index (χ4n) is 0.608. The van der Waals surface area contributed by atoms with Crippen molar-refractivity contribution < 1.29 is 9.53 Å². The van der Waals surface area contributed by atoms with E-state index in [1.54, 1.807) is 20.1 Å². The van der Waals surface area contributed by atoms with E-state index in [1.807, 2.05) is 0 Å². The van der Waals surface area contributed by atoms with Gasteiger partial charge in [-0.15, -0.1) is 0 Å². The topological polar surface area (TPSA) is 62.1 Å². The first-order chi connectivity index (χ1) is 5.76. The zero-order chi connectivity index (χ0) is 9.40. The summed E-state index contributed by atoms with van der Waals surface area (Å²) in [6, 6.07) is 1.79. The van der Waals surface area contributed by atoms with Crippen LogP contribution in [0.1, 0.15) is 6.92 Å². The van der Waals surface area contributed by atoms with E-state index in [0.717, 1.165) is 0 Å². The molecule has 0 saturated heterocycles. The Kier molecular flexibility index (Phi) is 5.66. The van der Waals surface area contributed by atoms with Gasteiger partial charge in [-0.05, 0) is 6.92 Å². The average Bonchev–Trinajstić information content (AvgIpc) is 2.07. The predicted octanol–water partition coefficient (Wildman–Crippen LogP) is 0.219. The van der Waals surface area contributed by atoms with E-state index in [1.165, 1.54) is 6.08 Å². The van der Waals surface area contributed by atoms with E-state index in [9.17, 15) is 4.79 Å². The molecule has 0 unspecified atom stereocenters. The van der Waals surface area contributed by atoms with Gasteiger partial charge in [-0.1, -0.05) is 6.08 Å². The highest BCUT2D eigenvalue weighted by Gasteiger charge is 2.04. The molecule has 0 atom stereocenters. The zero-order valence-corrected chi connectivity index (χ0v) is 7.26. The van der Waals surface area contributed by atoms with Gasteiger partial charge in [0.15, 0.2) is 0 Å². The minimum Gasteiger partial charge on any atom is -0.383 e. The molecular weight excluding hydrogens is 156 g/mol. The van der Waals surface area contributed by atoms with Crippen molar-refractivity contribution in [3.05, 3.63) is 11.6 Å². The summed E-state index contributed by atoms with van der Waals surface area (Å²) in [5.41, 5.74) is 0.131. The zero-order valence-electron chi connectivity index (χ0n) is 7.26. The smallest absolute Gasteiger partial charge is 0.261 e. The van der Waals surface area contributed by atoms with Crippen LogP contribution in [0.3, 0.4) is 0 Å². The van der Waals surface area contributed by atoms with E-state index in [2.05, 4.69) is 5.32 Å². The van der Waals surface area contributed by atoms with Gasteiger partial charge in [0.25, 0.3) is 5.91 Å². The SMILES string of the molecule is CC=C(C#N)C(=O)NCCOC. The molecule has 0 aromatic rings. The maximum Gasteiger partial charge on any atom is 0.261 e. The molecule has 4 nitrogen and oxygen atoms in total. The monoisotopic (exact) mass is 168 g/mol. The fourth-order valence-corrected chi connectivity index (χ4v) is 0.608. The van der Waals surface area contributed by atoms with Crippen molar-refractivity contribution in [2.75, 3.05) is 20.3 Å². The second-order valence-corrected chi connectivity index (χ2v) is 2.06. The largest absolute Gasteiger partial charge is 0.383 e. The van der Waals surface area contributed by atoms with Gasteiger partial charge in [-0.2, -0.15) is 5.26 Å². The van der Waals surface area contributed by atoms with Crippen molar-refractivity contribution in [2.24, 2.45) is 0 Å². The number of carbonyl (C=O) groups excluding carboxylic acids is 1. The molecule has 0 fully saturated rings. The standard InChI is InChI=1S/C8H12N2O2/c1-3-7(6-9)8(11)10-4-5-12-2/h3H,4-5H2,1-2H3,(H,10,11). The Morgan fingerprint density at radius 3 is 2.83 bits per heavy atom. The van der Waals surface area contributed by atoms with Crippen molar-refractivity contribution in [3.8, 4) is 6.07 Å². The molecular formula is C8H12N2O2. The summed E-state index contributed by atoms with van der Waals surface area (Å²) < 4.78 is 4.72. The van der Waals surface area contributed by atoms with Gasteiger partial charge in [-0.25, -0.2) is 0 Å². The Morgan fingerprint density at radius 2 is 2.42 bits per heavy atom. The Labute approximate surface area is 71.8 Å². The third kappa shape index (κ3) is 3.74. The van der Waals surface area contributed by atoms with Crippen LogP contribution < -0.4 is 5.32 Å². The third-order valence-corrected chi connectivity index (χ3v) is 1.25. The van der Waals surface area contributed by atoms with Crippen LogP contribution in [0.15, 0.2) is 11.6 Å². The van der Waals surface area contributed by atoms with E-state index in [0.29, 0.717) is 13.2 Å². The summed E-state index contributed by atoms with van der Waals surface area (Å²) >= 11 is 0. The first-order valence-electron chi connectivity index (χ1n) is 3.59. The van der Waals surface area contributed by atoms with Crippen LogP contribution in [0.4, 0.5) is 0 Å². The van der Waals surface area contributed by atoms with Crippen molar-refractivity contribution in [2.45, 2.75) is 6.92 Å². The number of hydrogen-bond acceptors (Lipinski definition) is 3. The average molecular weight is 168 g/mol. The molecule has 66 valence electrons. The van der Waals surface area contributed by atoms with Crippen molar-refractivity contribution in [1.82, 2.24) is 5.32 Å². The molecule has 0 aliphatic carbocycles. The van der Waals surface area contributed by atoms with Gasteiger partial charge in [0.2, 0.25) is 0 Å². The number of methoxy groups -OCH3 is 1. The van der Waals surface area contributed by atoms with Crippen LogP contribution in [0.25, 0.3) is 0 Å². The highest BCUT2D eigenvalue weighted by molar-refractivity contribution is 5.97. The molecule has 0 aromatic carbocycles. The number of amides is 1. The third-order valence-electron chi connectivity index (χ3n) is 1.25. The Bertz CT molecular complexity index is 216. The molecule has 0 bridgehead atoms. The Balaban J connectivity index is 3.81. The lowest BCUT2D eigenvalue weighted by Gasteiger charge is -2.01. The van der Waals surface area contributed by atoms with Gasteiger partial charge in [-0.3, -0.25) is 4.79 Å². The Hall–Kier alpha value is -1.34. The second kappa shape index (κ2) is 6.38. The molecule has 0 aliphatic rings. The number of nitrogens with one attached hydrogen (secondary N) is 1. The lowest BCUT2D eigenvalue weighted by Crippen LogP contribution is -2.27. The molecule has 0 aromatic heterocycles.